The molecule has 158 valence electrons. The molecule has 1 aliphatic rings. The number of halogens is 1. The fourth-order valence-corrected chi connectivity index (χ4v) is 3.12. The van der Waals surface area contributed by atoms with Gasteiger partial charge in [-0.3, -0.25) is 4.99 Å². The van der Waals surface area contributed by atoms with E-state index in [2.05, 4.69) is 41.6 Å². The van der Waals surface area contributed by atoms with Gasteiger partial charge in [0.15, 0.2) is 17.5 Å². The van der Waals surface area contributed by atoms with E-state index in [1.807, 2.05) is 30.3 Å². The van der Waals surface area contributed by atoms with Crippen molar-refractivity contribution in [2.24, 2.45) is 4.99 Å². The molecule has 0 amide bonds. The van der Waals surface area contributed by atoms with Crippen molar-refractivity contribution in [1.82, 2.24) is 10.6 Å². The molecule has 0 spiro atoms. The van der Waals surface area contributed by atoms with Crippen molar-refractivity contribution >= 4 is 29.9 Å². The first-order valence-corrected chi connectivity index (χ1v) is 9.50. The maximum Gasteiger partial charge on any atom is 0.191 e. The lowest BCUT2D eigenvalue weighted by atomic mass is 9.84. The maximum atomic E-state index is 5.72. The third kappa shape index (κ3) is 5.91. The van der Waals surface area contributed by atoms with Crippen LogP contribution in [-0.2, 0) is 12.0 Å². The van der Waals surface area contributed by atoms with Gasteiger partial charge in [0, 0.05) is 31.1 Å². The highest BCUT2D eigenvalue weighted by Gasteiger charge is 2.24. The summed E-state index contributed by atoms with van der Waals surface area (Å²) in [6, 6.07) is 14.1. The van der Waals surface area contributed by atoms with Crippen molar-refractivity contribution in [3.05, 3.63) is 53.6 Å². The average Bonchev–Trinajstić information content (AvgIpc) is 2.73. The Morgan fingerprint density at radius 1 is 1.07 bits per heavy atom. The lowest BCUT2D eigenvalue weighted by molar-refractivity contribution is 0.171. The van der Waals surface area contributed by atoms with Crippen LogP contribution in [0.25, 0.3) is 0 Å². The Morgan fingerprint density at radius 3 is 2.52 bits per heavy atom. The van der Waals surface area contributed by atoms with Crippen molar-refractivity contribution in [3.8, 4) is 17.2 Å². The molecule has 0 aliphatic carbocycles. The number of hydrogen-bond acceptors (Lipinski definition) is 4. The fraction of sp³-hybridized carbons (Fsp3) is 0.409. The summed E-state index contributed by atoms with van der Waals surface area (Å²) in [5.74, 6) is 3.24. The van der Waals surface area contributed by atoms with Crippen LogP contribution in [0, 0.1) is 0 Å². The second-order valence-corrected chi connectivity index (χ2v) is 7.33. The van der Waals surface area contributed by atoms with E-state index in [9.17, 15) is 0 Å². The minimum absolute atomic E-state index is 0. The van der Waals surface area contributed by atoms with Crippen LogP contribution in [0.15, 0.2) is 47.5 Å². The molecule has 29 heavy (non-hydrogen) atoms. The lowest BCUT2D eigenvalue weighted by Gasteiger charge is -2.28. The van der Waals surface area contributed by atoms with Crippen molar-refractivity contribution in [3.63, 3.8) is 0 Å². The standard InChI is InChI=1S/C22H29N3O3.HI/c1-22(2,17-9-10-19-20(13-17)28-12-11-27-19)15-25-21(23-3)24-14-16-7-5-6-8-18(16)26-4;/h5-10,13H,11-12,14-15H2,1-4H3,(H2,23,24,25);1H. The normalized spacial score (nSPS) is 13.3. The summed E-state index contributed by atoms with van der Waals surface area (Å²) in [7, 11) is 3.45. The minimum Gasteiger partial charge on any atom is -0.496 e. The first-order valence-electron chi connectivity index (χ1n) is 9.50. The maximum absolute atomic E-state index is 5.72. The van der Waals surface area contributed by atoms with Crippen molar-refractivity contribution < 1.29 is 14.2 Å². The average molecular weight is 511 g/mol. The highest BCUT2D eigenvalue weighted by molar-refractivity contribution is 14.0. The Balaban J connectivity index is 0.00000300. The highest BCUT2D eigenvalue weighted by Crippen LogP contribution is 2.34. The molecule has 6 nitrogen and oxygen atoms in total. The summed E-state index contributed by atoms with van der Waals surface area (Å²) in [6.45, 7) is 6.93. The minimum atomic E-state index is -0.113. The topological polar surface area (TPSA) is 64.1 Å². The second-order valence-electron chi connectivity index (χ2n) is 7.33. The van der Waals surface area contributed by atoms with E-state index >= 15 is 0 Å². The summed E-state index contributed by atoms with van der Waals surface area (Å²) in [6.07, 6.45) is 0. The van der Waals surface area contributed by atoms with Crippen LogP contribution in [0.3, 0.4) is 0 Å². The molecule has 7 heteroatoms. The van der Waals surface area contributed by atoms with Gasteiger partial charge in [-0.25, -0.2) is 0 Å². The molecule has 0 bridgehead atoms. The first-order chi connectivity index (χ1) is 13.5. The quantitative estimate of drug-likeness (QED) is 0.352. The molecule has 1 aliphatic heterocycles. The van der Waals surface area contributed by atoms with Gasteiger partial charge in [-0.1, -0.05) is 38.1 Å². The number of fused-ring (bicyclic) bond motifs is 1. The number of rotatable bonds is 6. The molecule has 0 saturated heterocycles. The SMILES string of the molecule is CN=C(NCc1ccccc1OC)NCC(C)(C)c1ccc2c(c1)OCCO2.I. The largest absolute Gasteiger partial charge is 0.496 e. The number of ether oxygens (including phenoxy) is 3. The van der Waals surface area contributed by atoms with E-state index in [-0.39, 0.29) is 29.4 Å². The predicted molar refractivity (Wildman–Crippen MR) is 127 cm³/mol. The molecular formula is C22H30IN3O3. The predicted octanol–water partition coefficient (Wildman–Crippen LogP) is 3.73. The number of para-hydroxylation sites is 1. The van der Waals surface area contributed by atoms with E-state index in [4.69, 9.17) is 14.2 Å². The monoisotopic (exact) mass is 511 g/mol. The summed E-state index contributed by atoms with van der Waals surface area (Å²) < 4.78 is 16.7. The Hall–Kier alpha value is -2.16. The summed E-state index contributed by atoms with van der Waals surface area (Å²) in [5.41, 5.74) is 2.15. The number of nitrogens with zero attached hydrogens (tertiary/aromatic N) is 1. The number of nitrogens with one attached hydrogen (secondary N) is 2. The Bertz CT molecular complexity index is 840. The van der Waals surface area contributed by atoms with Gasteiger partial charge >= 0.3 is 0 Å². The lowest BCUT2D eigenvalue weighted by Crippen LogP contribution is -2.43. The number of guanidine groups is 1. The summed E-state index contributed by atoms with van der Waals surface area (Å²) >= 11 is 0. The molecule has 2 N–H and O–H groups in total. The van der Waals surface area contributed by atoms with Gasteiger partial charge in [-0.05, 0) is 23.8 Å². The third-order valence-corrected chi connectivity index (χ3v) is 4.88. The Morgan fingerprint density at radius 2 is 1.79 bits per heavy atom. The van der Waals surface area contributed by atoms with Gasteiger partial charge in [0.05, 0.1) is 7.11 Å². The number of methoxy groups -OCH3 is 1. The van der Waals surface area contributed by atoms with E-state index in [0.717, 1.165) is 35.3 Å². The number of hydrogen-bond donors (Lipinski definition) is 2. The second kappa shape index (κ2) is 10.6. The molecule has 0 unspecified atom stereocenters. The smallest absolute Gasteiger partial charge is 0.191 e. The van der Waals surface area contributed by atoms with Crippen LogP contribution in [0.4, 0.5) is 0 Å². The molecule has 2 aromatic carbocycles. The van der Waals surface area contributed by atoms with Crippen LogP contribution in [0.5, 0.6) is 17.2 Å². The van der Waals surface area contributed by atoms with Crippen LogP contribution >= 0.6 is 24.0 Å². The van der Waals surface area contributed by atoms with Crippen LogP contribution < -0.4 is 24.8 Å². The molecule has 0 fully saturated rings. The third-order valence-electron chi connectivity index (χ3n) is 4.88. The van der Waals surface area contributed by atoms with Gasteiger partial charge in [0.1, 0.15) is 19.0 Å². The van der Waals surface area contributed by atoms with Crippen LogP contribution in [0.1, 0.15) is 25.0 Å². The van der Waals surface area contributed by atoms with E-state index in [1.165, 1.54) is 5.56 Å². The Labute approximate surface area is 190 Å². The van der Waals surface area contributed by atoms with Crippen molar-refractivity contribution in [1.29, 1.82) is 0 Å². The first kappa shape index (κ1) is 23.1. The molecule has 2 aromatic rings. The zero-order chi connectivity index (χ0) is 20.0. The molecule has 0 aromatic heterocycles. The Kier molecular flexibility index (Phi) is 8.43. The van der Waals surface area contributed by atoms with Crippen molar-refractivity contribution in [2.45, 2.75) is 25.8 Å². The fourth-order valence-electron chi connectivity index (χ4n) is 3.12. The molecule has 1 heterocycles. The van der Waals surface area contributed by atoms with Gasteiger partial charge < -0.3 is 24.8 Å². The van der Waals surface area contributed by atoms with Gasteiger partial charge in [0.25, 0.3) is 0 Å². The highest BCUT2D eigenvalue weighted by atomic mass is 127. The number of benzene rings is 2. The molecule has 0 radical (unpaired) electrons. The molecular weight excluding hydrogens is 481 g/mol. The van der Waals surface area contributed by atoms with Crippen molar-refractivity contribution in [2.75, 3.05) is 33.9 Å². The van der Waals surface area contributed by atoms with Crippen LogP contribution in [-0.4, -0.2) is 39.9 Å². The zero-order valence-electron chi connectivity index (χ0n) is 17.5. The van der Waals surface area contributed by atoms with Gasteiger partial charge in [-0.15, -0.1) is 24.0 Å². The summed E-state index contributed by atoms with van der Waals surface area (Å²) in [5, 5.41) is 6.77. The zero-order valence-corrected chi connectivity index (χ0v) is 19.8. The van der Waals surface area contributed by atoms with Gasteiger partial charge in [0.2, 0.25) is 0 Å². The molecule has 3 rings (SSSR count). The van der Waals surface area contributed by atoms with E-state index in [1.54, 1.807) is 14.2 Å². The van der Waals surface area contributed by atoms with Gasteiger partial charge in [-0.2, -0.15) is 0 Å². The number of aliphatic imine (C=N–C) groups is 1. The molecule has 0 atom stereocenters. The van der Waals surface area contributed by atoms with E-state index in [0.29, 0.717) is 19.8 Å². The van der Waals surface area contributed by atoms with E-state index < -0.39 is 0 Å². The molecule has 0 saturated carbocycles. The summed E-state index contributed by atoms with van der Waals surface area (Å²) in [4.78, 5) is 4.33. The van der Waals surface area contributed by atoms with Crippen LogP contribution in [0.2, 0.25) is 0 Å².